The molecule has 0 aliphatic carbocycles. The number of hydrogen-bond donors (Lipinski definition) is 1. The number of amides is 1. The molecule has 0 spiro atoms. The number of anilines is 1. The SMILES string of the molecule is Cc1c(C(=O)Nc2ccc3nn(-c4cccc5ccccc45)nc3c2)oc2ccccc12. The van der Waals surface area contributed by atoms with Gasteiger partial charge in [0.25, 0.3) is 5.91 Å². The number of furan rings is 1. The van der Waals surface area contributed by atoms with E-state index < -0.39 is 0 Å². The number of aromatic nitrogens is 3. The molecule has 32 heavy (non-hydrogen) atoms. The lowest BCUT2D eigenvalue weighted by atomic mass is 10.1. The van der Waals surface area contributed by atoms with Gasteiger partial charge in [0.15, 0.2) is 5.76 Å². The van der Waals surface area contributed by atoms with Gasteiger partial charge in [0.05, 0.1) is 5.69 Å². The summed E-state index contributed by atoms with van der Waals surface area (Å²) in [5.74, 6) is 0.0187. The normalized spacial score (nSPS) is 11.4. The van der Waals surface area contributed by atoms with Gasteiger partial charge in [-0.05, 0) is 42.6 Å². The Labute approximate surface area is 183 Å². The summed E-state index contributed by atoms with van der Waals surface area (Å²) in [5, 5.41) is 15.3. The molecule has 6 aromatic rings. The molecule has 6 heteroatoms. The average Bonchev–Trinajstić information content (AvgIpc) is 3.40. The zero-order valence-electron chi connectivity index (χ0n) is 17.2. The molecule has 0 aliphatic heterocycles. The van der Waals surface area contributed by atoms with E-state index in [0.717, 1.165) is 32.9 Å². The lowest BCUT2D eigenvalue weighted by molar-refractivity contribution is 0.0998. The predicted molar refractivity (Wildman–Crippen MR) is 125 cm³/mol. The maximum Gasteiger partial charge on any atom is 0.291 e. The van der Waals surface area contributed by atoms with Crippen LogP contribution in [-0.4, -0.2) is 20.9 Å². The van der Waals surface area contributed by atoms with Crippen LogP contribution in [0.25, 0.3) is 38.5 Å². The molecule has 2 aromatic heterocycles. The first kappa shape index (κ1) is 18.3. The van der Waals surface area contributed by atoms with Crippen molar-refractivity contribution >= 4 is 44.4 Å². The standard InChI is InChI=1S/C26H18N4O2/c1-16-19-9-4-5-12-24(19)32-25(16)26(31)27-18-13-14-21-22(15-18)29-30(28-21)23-11-6-8-17-7-2-3-10-20(17)23/h2-15H,1H3,(H,27,31). The molecular formula is C26H18N4O2. The highest BCUT2D eigenvalue weighted by Gasteiger charge is 2.18. The van der Waals surface area contributed by atoms with Gasteiger partial charge in [-0.2, -0.15) is 0 Å². The summed E-state index contributed by atoms with van der Waals surface area (Å²) in [7, 11) is 0. The fourth-order valence-electron chi connectivity index (χ4n) is 4.06. The number of nitrogens with one attached hydrogen (secondary N) is 1. The van der Waals surface area contributed by atoms with Crippen LogP contribution in [0.4, 0.5) is 5.69 Å². The number of benzene rings is 4. The molecule has 6 nitrogen and oxygen atoms in total. The van der Waals surface area contributed by atoms with Crippen LogP contribution >= 0.6 is 0 Å². The second-order valence-corrected chi connectivity index (χ2v) is 7.70. The molecule has 1 N–H and O–H groups in total. The quantitative estimate of drug-likeness (QED) is 0.389. The van der Waals surface area contributed by atoms with Crippen molar-refractivity contribution in [3.05, 3.63) is 96.3 Å². The van der Waals surface area contributed by atoms with Crippen LogP contribution in [0.2, 0.25) is 0 Å². The van der Waals surface area contributed by atoms with Crippen molar-refractivity contribution in [1.82, 2.24) is 15.0 Å². The van der Waals surface area contributed by atoms with E-state index in [1.165, 1.54) is 0 Å². The van der Waals surface area contributed by atoms with Crippen LogP contribution in [0, 0.1) is 6.92 Å². The van der Waals surface area contributed by atoms with E-state index >= 15 is 0 Å². The fraction of sp³-hybridized carbons (Fsp3) is 0.0385. The molecule has 0 atom stereocenters. The van der Waals surface area contributed by atoms with Crippen molar-refractivity contribution in [2.75, 3.05) is 5.32 Å². The Morgan fingerprint density at radius 3 is 2.47 bits per heavy atom. The van der Waals surface area contributed by atoms with E-state index in [-0.39, 0.29) is 5.91 Å². The van der Waals surface area contributed by atoms with Crippen molar-refractivity contribution < 1.29 is 9.21 Å². The fourth-order valence-corrected chi connectivity index (χ4v) is 4.06. The zero-order chi connectivity index (χ0) is 21.7. The smallest absolute Gasteiger partial charge is 0.291 e. The van der Waals surface area contributed by atoms with Gasteiger partial charge in [-0.3, -0.25) is 4.79 Å². The molecule has 0 bridgehead atoms. The van der Waals surface area contributed by atoms with Crippen LogP contribution in [0.3, 0.4) is 0 Å². The van der Waals surface area contributed by atoms with E-state index in [0.29, 0.717) is 22.5 Å². The molecule has 2 heterocycles. The van der Waals surface area contributed by atoms with Crippen LogP contribution in [0.15, 0.2) is 89.3 Å². The maximum absolute atomic E-state index is 12.9. The molecule has 154 valence electrons. The van der Waals surface area contributed by atoms with Gasteiger partial charge in [0.2, 0.25) is 0 Å². The highest BCUT2D eigenvalue weighted by atomic mass is 16.3. The summed E-state index contributed by atoms with van der Waals surface area (Å²) >= 11 is 0. The van der Waals surface area contributed by atoms with Crippen molar-refractivity contribution in [2.45, 2.75) is 6.92 Å². The molecule has 4 aromatic carbocycles. The monoisotopic (exact) mass is 418 g/mol. The lowest BCUT2D eigenvalue weighted by Gasteiger charge is -2.04. The highest BCUT2D eigenvalue weighted by Crippen LogP contribution is 2.27. The predicted octanol–water partition coefficient (Wildman–Crippen LogP) is 5.88. The molecule has 0 aliphatic rings. The highest BCUT2D eigenvalue weighted by molar-refractivity contribution is 6.07. The Hall–Kier alpha value is -4.45. The minimum Gasteiger partial charge on any atom is -0.451 e. The topological polar surface area (TPSA) is 73.0 Å². The van der Waals surface area contributed by atoms with Crippen LogP contribution < -0.4 is 5.32 Å². The van der Waals surface area contributed by atoms with Gasteiger partial charge in [0.1, 0.15) is 16.6 Å². The first-order valence-electron chi connectivity index (χ1n) is 10.3. The molecule has 0 unspecified atom stereocenters. The number of hydrogen-bond acceptors (Lipinski definition) is 4. The Morgan fingerprint density at radius 2 is 1.59 bits per heavy atom. The van der Waals surface area contributed by atoms with E-state index in [4.69, 9.17) is 4.42 Å². The number of nitrogens with zero attached hydrogens (tertiary/aromatic N) is 3. The average molecular weight is 418 g/mol. The minimum absolute atomic E-state index is 0.292. The Bertz CT molecular complexity index is 1640. The third-order valence-corrected chi connectivity index (χ3v) is 5.67. The summed E-state index contributed by atoms with van der Waals surface area (Å²) in [6, 6.07) is 27.3. The number of para-hydroxylation sites is 1. The molecule has 0 saturated carbocycles. The number of carbonyl (C=O) groups excluding carboxylic acids is 1. The maximum atomic E-state index is 12.9. The van der Waals surface area contributed by atoms with E-state index in [1.54, 1.807) is 4.80 Å². The van der Waals surface area contributed by atoms with Gasteiger partial charge in [-0.1, -0.05) is 54.6 Å². The Balaban J connectivity index is 1.35. The zero-order valence-corrected chi connectivity index (χ0v) is 17.2. The van der Waals surface area contributed by atoms with Gasteiger partial charge in [0, 0.05) is 22.0 Å². The molecule has 0 fully saturated rings. The van der Waals surface area contributed by atoms with Crippen molar-refractivity contribution in [1.29, 1.82) is 0 Å². The number of fused-ring (bicyclic) bond motifs is 3. The largest absolute Gasteiger partial charge is 0.451 e. The summed E-state index contributed by atoms with van der Waals surface area (Å²) in [6.07, 6.45) is 0. The van der Waals surface area contributed by atoms with E-state index in [9.17, 15) is 4.79 Å². The van der Waals surface area contributed by atoms with Crippen LogP contribution in [0.5, 0.6) is 0 Å². The van der Waals surface area contributed by atoms with Crippen molar-refractivity contribution in [2.24, 2.45) is 0 Å². The third-order valence-electron chi connectivity index (χ3n) is 5.67. The Kier molecular flexibility index (Phi) is 4.04. The van der Waals surface area contributed by atoms with E-state index in [1.807, 2.05) is 73.7 Å². The first-order chi connectivity index (χ1) is 15.7. The summed E-state index contributed by atoms with van der Waals surface area (Å²) in [5.41, 5.74) is 4.49. The summed E-state index contributed by atoms with van der Waals surface area (Å²) in [4.78, 5) is 14.5. The molecule has 0 radical (unpaired) electrons. The van der Waals surface area contributed by atoms with Crippen LogP contribution in [0.1, 0.15) is 16.1 Å². The molecule has 1 amide bonds. The van der Waals surface area contributed by atoms with Gasteiger partial charge >= 0.3 is 0 Å². The summed E-state index contributed by atoms with van der Waals surface area (Å²) < 4.78 is 5.78. The number of rotatable bonds is 3. The second-order valence-electron chi connectivity index (χ2n) is 7.70. The van der Waals surface area contributed by atoms with Gasteiger partial charge in [-0.15, -0.1) is 15.0 Å². The minimum atomic E-state index is -0.292. The van der Waals surface area contributed by atoms with Crippen molar-refractivity contribution in [3.8, 4) is 5.69 Å². The van der Waals surface area contributed by atoms with Crippen molar-refractivity contribution in [3.63, 3.8) is 0 Å². The van der Waals surface area contributed by atoms with Crippen LogP contribution in [-0.2, 0) is 0 Å². The molecule has 0 saturated heterocycles. The third kappa shape index (κ3) is 2.93. The number of carbonyl (C=O) groups is 1. The van der Waals surface area contributed by atoms with Gasteiger partial charge in [-0.25, -0.2) is 0 Å². The number of aryl methyl sites for hydroxylation is 1. The molecular weight excluding hydrogens is 400 g/mol. The van der Waals surface area contributed by atoms with Gasteiger partial charge < -0.3 is 9.73 Å². The lowest BCUT2D eigenvalue weighted by Crippen LogP contribution is -2.12. The Morgan fingerprint density at radius 1 is 0.844 bits per heavy atom. The first-order valence-corrected chi connectivity index (χ1v) is 10.3. The van der Waals surface area contributed by atoms with E-state index in [2.05, 4.69) is 33.7 Å². The molecule has 6 rings (SSSR count). The summed E-state index contributed by atoms with van der Waals surface area (Å²) in [6.45, 7) is 1.89. The second kappa shape index (κ2) is 7.06.